The van der Waals surface area contributed by atoms with Gasteiger partial charge in [0, 0.05) is 18.3 Å². The summed E-state index contributed by atoms with van der Waals surface area (Å²) in [6.07, 6.45) is 0. The molecule has 6 heteroatoms. The second-order valence-electron chi connectivity index (χ2n) is 5.84. The number of hydrogen-bond acceptors (Lipinski definition) is 3. The molecule has 0 fully saturated rings. The monoisotopic (exact) mass is 354 g/mol. The average Bonchev–Trinajstić information content (AvgIpc) is 2.55. The van der Waals surface area contributed by atoms with Gasteiger partial charge in [-0.05, 0) is 62.3 Å². The summed E-state index contributed by atoms with van der Waals surface area (Å²) in [6, 6.07) is 13.6. The fraction of sp³-hybridized carbons (Fsp3) is 0.211. The molecule has 2 aromatic carbocycles. The molecule has 0 spiro atoms. The molecule has 0 radical (unpaired) electrons. The van der Waals surface area contributed by atoms with Crippen molar-refractivity contribution in [3.05, 3.63) is 59.2 Å². The van der Waals surface area contributed by atoms with Gasteiger partial charge in [0.25, 0.3) is 0 Å². The zero-order valence-corrected chi connectivity index (χ0v) is 15.6. The summed E-state index contributed by atoms with van der Waals surface area (Å²) in [5.41, 5.74) is 8.51. The van der Waals surface area contributed by atoms with Crippen LogP contribution in [-0.2, 0) is 4.79 Å². The number of nitrogens with one attached hydrogen (secondary N) is 3. The van der Waals surface area contributed by atoms with Crippen LogP contribution in [0, 0.1) is 13.8 Å². The highest BCUT2D eigenvalue weighted by Crippen LogP contribution is 2.16. The van der Waals surface area contributed by atoms with Crippen molar-refractivity contribution < 1.29 is 4.79 Å². The van der Waals surface area contributed by atoms with Crippen LogP contribution in [-0.4, -0.2) is 16.7 Å². The van der Waals surface area contributed by atoms with E-state index in [1.807, 2.05) is 50.2 Å². The van der Waals surface area contributed by atoms with E-state index < -0.39 is 0 Å². The summed E-state index contributed by atoms with van der Waals surface area (Å²) in [5, 5.41) is 10.6. The van der Waals surface area contributed by atoms with E-state index in [1.54, 1.807) is 0 Å². The Labute approximate surface area is 153 Å². The molecule has 0 saturated carbocycles. The van der Waals surface area contributed by atoms with Crippen LogP contribution >= 0.6 is 12.2 Å². The van der Waals surface area contributed by atoms with Crippen LogP contribution in [0.25, 0.3) is 0 Å². The van der Waals surface area contributed by atoms with E-state index in [9.17, 15) is 4.79 Å². The van der Waals surface area contributed by atoms with Gasteiger partial charge in [-0.3, -0.25) is 10.2 Å². The fourth-order valence-electron chi connectivity index (χ4n) is 2.33. The number of carbonyl (C=O) groups is 1. The third-order valence-electron chi connectivity index (χ3n) is 3.56. The molecule has 0 aliphatic carbocycles. The SMILES string of the molecule is CC(=O)Nc1cccc(/C(C)=N\NC(=S)Nc2ccc(C)cc2C)c1. The Balaban J connectivity index is 2.02. The highest BCUT2D eigenvalue weighted by atomic mass is 32.1. The van der Waals surface area contributed by atoms with Crippen LogP contribution in [0.4, 0.5) is 11.4 Å². The normalized spacial score (nSPS) is 11.0. The minimum atomic E-state index is -0.108. The highest BCUT2D eigenvalue weighted by Gasteiger charge is 2.03. The first kappa shape index (κ1) is 18.6. The zero-order chi connectivity index (χ0) is 18.4. The van der Waals surface area contributed by atoms with E-state index in [4.69, 9.17) is 12.2 Å². The van der Waals surface area contributed by atoms with Crippen LogP contribution in [0.2, 0.25) is 0 Å². The number of hydrogen-bond donors (Lipinski definition) is 3. The highest BCUT2D eigenvalue weighted by molar-refractivity contribution is 7.80. The van der Waals surface area contributed by atoms with Gasteiger partial charge in [0.15, 0.2) is 5.11 Å². The topological polar surface area (TPSA) is 65.5 Å². The van der Waals surface area contributed by atoms with Gasteiger partial charge in [-0.25, -0.2) is 0 Å². The van der Waals surface area contributed by atoms with Crippen molar-refractivity contribution in [1.82, 2.24) is 5.43 Å². The Morgan fingerprint density at radius 3 is 2.48 bits per heavy atom. The predicted octanol–water partition coefficient (Wildman–Crippen LogP) is 3.97. The molecule has 2 aromatic rings. The number of amides is 1. The smallest absolute Gasteiger partial charge is 0.221 e. The molecular weight excluding hydrogens is 332 g/mol. The van der Waals surface area contributed by atoms with Gasteiger partial charge in [-0.2, -0.15) is 5.10 Å². The molecular formula is C19H22N4OS. The molecule has 1 amide bonds. The standard InChI is InChI=1S/C19H22N4OS/c1-12-8-9-18(13(2)10-12)21-19(25)23-22-14(3)16-6-5-7-17(11-16)20-15(4)24/h5-11H,1-4H3,(H,20,24)(H2,21,23,25)/b22-14-. The third kappa shape index (κ3) is 5.69. The van der Waals surface area contributed by atoms with Gasteiger partial charge in [0.2, 0.25) is 5.91 Å². The molecule has 0 atom stereocenters. The number of nitrogens with zero attached hydrogens (tertiary/aromatic N) is 1. The third-order valence-corrected chi connectivity index (χ3v) is 3.75. The van der Waals surface area contributed by atoms with Crippen molar-refractivity contribution in [1.29, 1.82) is 0 Å². The summed E-state index contributed by atoms with van der Waals surface area (Å²) in [6.45, 7) is 7.43. The molecule has 3 N–H and O–H groups in total. The lowest BCUT2D eigenvalue weighted by Gasteiger charge is -2.11. The Kier molecular flexibility index (Phi) is 6.25. The summed E-state index contributed by atoms with van der Waals surface area (Å²) in [5.74, 6) is -0.108. The van der Waals surface area contributed by atoms with Gasteiger partial charge >= 0.3 is 0 Å². The molecule has 5 nitrogen and oxygen atoms in total. The molecule has 0 aromatic heterocycles. The maximum Gasteiger partial charge on any atom is 0.221 e. The number of thiocarbonyl (C=S) groups is 1. The van der Waals surface area contributed by atoms with E-state index in [-0.39, 0.29) is 5.91 Å². The van der Waals surface area contributed by atoms with Crippen LogP contribution in [0.1, 0.15) is 30.5 Å². The quantitative estimate of drug-likeness (QED) is 0.441. The van der Waals surface area contributed by atoms with E-state index in [0.717, 1.165) is 28.2 Å². The Hall–Kier alpha value is -2.73. The van der Waals surface area contributed by atoms with Crippen molar-refractivity contribution in [2.45, 2.75) is 27.7 Å². The van der Waals surface area contributed by atoms with Crippen molar-refractivity contribution in [3.8, 4) is 0 Å². The van der Waals surface area contributed by atoms with Crippen LogP contribution in [0.3, 0.4) is 0 Å². The number of benzene rings is 2. The Bertz CT molecular complexity index is 830. The maximum atomic E-state index is 11.2. The molecule has 0 unspecified atom stereocenters. The lowest BCUT2D eigenvalue weighted by Crippen LogP contribution is -2.25. The number of anilines is 2. The molecule has 2 rings (SSSR count). The largest absolute Gasteiger partial charge is 0.331 e. The van der Waals surface area contributed by atoms with Gasteiger partial charge in [-0.1, -0.05) is 29.8 Å². The molecule has 0 saturated heterocycles. The minimum Gasteiger partial charge on any atom is -0.331 e. The van der Waals surface area contributed by atoms with Gasteiger partial charge in [0.05, 0.1) is 5.71 Å². The summed E-state index contributed by atoms with van der Waals surface area (Å²) in [4.78, 5) is 11.2. The number of carbonyl (C=O) groups excluding carboxylic acids is 1. The molecule has 0 bridgehead atoms. The summed E-state index contributed by atoms with van der Waals surface area (Å²) >= 11 is 5.29. The van der Waals surface area contributed by atoms with E-state index >= 15 is 0 Å². The maximum absolute atomic E-state index is 11.2. The first-order chi connectivity index (χ1) is 11.8. The fourth-order valence-corrected chi connectivity index (χ4v) is 2.48. The van der Waals surface area contributed by atoms with E-state index in [1.165, 1.54) is 12.5 Å². The van der Waals surface area contributed by atoms with Crippen LogP contribution in [0.5, 0.6) is 0 Å². The van der Waals surface area contributed by atoms with Crippen LogP contribution in [0.15, 0.2) is 47.6 Å². The number of hydrazone groups is 1. The zero-order valence-electron chi connectivity index (χ0n) is 14.8. The number of aryl methyl sites for hydroxylation is 2. The Morgan fingerprint density at radius 1 is 1.04 bits per heavy atom. The van der Waals surface area contributed by atoms with E-state index in [0.29, 0.717) is 5.11 Å². The molecule has 130 valence electrons. The van der Waals surface area contributed by atoms with Crippen molar-refractivity contribution in [2.24, 2.45) is 5.10 Å². The first-order valence-electron chi connectivity index (χ1n) is 7.91. The summed E-state index contributed by atoms with van der Waals surface area (Å²) in [7, 11) is 0. The first-order valence-corrected chi connectivity index (χ1v) is 8.32. The Morgan fingerprint density at radius 2 is 1.80 bits per heavy atom. The lowest BCUT2D eigenvalue weighted by molar-refractivity contribution is -0.114. The molecule has 25 heavy (non-hydrogen) atoms. The van der Waals surface area contributed by atoms with Crippen molar-refractivity contribution in [2.75, 3.05) is 10.6 Å². The summed E-state index contributed by atoms with van der Waals surface area (Å²) < 4.78 is 0. The second kappa shape index (κ2) is 8.39. The van der Waals surface area contributed by atoms with Gasteiger partial charge < -0.3 is 10.6 Å². The molecule has 0 aliphatic heterocycles. The second-order valence-corrected chi connectivity index (χ2v) is 6.25. The predicted molar refractivity (Wildman–Crippen MR) is 108 cm³/mol. The van der Waals surface area contributed by atoms with Gasteiger partial charge in [-0.15, -0.1) is 0 Å². The molecule has 0 heterocycles. The van der Waals surface area contributed by atoms with Crippen molar-refractivity contribution >= 4 is 40.3 Å². The van der Waals surface area contributed by atoms with Gasteiger partial charge in [0.1, 0.15) is 0 Å². The number of rotatable bonds is 4. The van der Waals surface area contributed by atoms with Crippen LogP contribution < -0.4 is 16.1 Å². The minimum absolute atomic E-state index is 0.108. The molecule has 0 aliphatic rings. The van der Waals surface area contributed by atoms with Crippen molar-refractivity contribution in [3.63, 3.8) is 0 Å². The average molecular weight is 354 g/mol. The van der Waals surface area contributed by atoms with E-state index in [2.05, 4.69) is 34.2 Å². The lowest BCUT2D eigenvalue weighted by atomic mass is 10.1.